The number of rotatable bonds is 7. The second kappa shape index (κ2) is 7.22. The smallest absolute Gasteiger partial charge is 0.309 e. The molecule has 1 aliphatic carbocycles. The van der Waals surface area contributed by atoms with Gasteiger partial charge in [0.05, 0.1) is 12.0 Å². The van der Waals surface area contributed by atoms with Crippen LogP contribution in [0.3, 0.4) is 0 Å². The van der Waals surface area contributed by atoms with Crippen LogP contribution in [-0.2, 0) is 4.79 Å². The fourth-order valence-electron chi connectivity index (χ4n) is 3.46. The highest BCUT2D eigenvalue weighted by Crippen LogP contribution is 2.36. The van der Waals surface area contributed by atoms with Crippen LogP contribution in [0.4, 0.5) is 0 Å². The number of carboxylic acid groups (broad SMARTS) is 1. The summed E-state index contributed by atoms with van der Waals surface area (Å²) in [6.07, 6.45) is 3.49. The summed E-state index contributed by atoms with van der Waals surface area (Å²) in [5, 5.41) is 19.3. The van der Waals surface area contributed by atoms with Crippen LogP contribution in [0.5, 0.6) is 0 Å². The van der Waals surface area contributed by atoms with Crippen molar-refractivity contribution in [3.8, 4) is 0 Å². The number of aliphatic hydroxyl groups excluding tert-OH is 1. The third kappa shape index (κ3) is 3.68. The first-order chi connectivity index (χ1) is 8.93. The molecule has 19 heavy (non-hydrogen) atoms. The summed E-state index contributed by atoms with van der Waals surface area (Å²) < 4.78 is 0. The Bertz CT molecular complexity index is 292. The minimum absolute atomic E-state index is 0.214. The van der Waals surface area contributed by atoms with E-state index in [1.54, 1.807) is 0 Å². The number of nitrogens with two attached hydrogens (primary N) is 2. The summed E-state index contributed by atoms with van der Waals surface area (Å²) in [4.78, 5) is 11.1. The van der Waals surface area contributed by atoms with Crippen LogP contribution in [-0.4, -0.2) is 34.4 Å². The van der Waals surface area contributed by atoms with E-state index in [1.165, 1.54) is 0 Å². The number of hydrogen-bond acceptors (Lipinski definition) is 4. The number of aliphatic hydroxyl groups is 1. The molecule has 0 bridgehead atoms. The molecule has 1 aliphatic rings. The molecule has 0 saturated heterocycles. The highest BCUT2D eigenvalue weighted by atomic mass is 16.4. The molecule has 0 radical (unpaired) electrons. The lowest BCUT2D eigenvalue weighted by atomic mass is 9.80. The highest BCUT2D eigenvalue weighted by Gasteiger charge is 2.48. The fraction of sp³-hybridized carbons (Fsp3) is 0.929. The van der Waals surface area contributed by atoms with Gasteiger partial charge in [0.15, 0.2) is 0 Å². The molecule has 1 saturated carbocycles. The third-order valence-electron chi connectivity index (χ3n) is 4.45. The van der Waals surface area contributed by atoms with Crippen molar-refractivity contribution in [3.63, 3.8) is 0 Å². The Hall–Kier alpha value is -0.650. The van der Waals surface area contributed by atoms with E-state index < -0.39 is 18.0 Å². The first-order valence-corrected chi connectivity index (χ1v) is 7.36. The molecule has 5 unspecified atom stereocenters. The van der Waals surface area contributed by atoms with Gasteiger partial charge in [0.25, 0.3) is 0 Å². The molecule has 6 N–H and O–H groups in total. The van der Waals surface area contributed by atoms with Crippen molar-refractivity contribution in [2.75, 3.05) is 0 Å². The van der Waals surface area contributed by atoms with Gasteiger partial charge in [0.2, 0.25) is 0 Å². The first kappa shape index (κ1) is 16.4. The molecule has 0 aromatic heterocycles. The number of carboxylic acids is 1. The van der Waals surface area contributed by atoms with E-state index in [0.717, 1.165) is 25.7 Å². The number of carbonyl (C=O) groups is 1. The SMILES string of the molecule is CCCC(CCC)C(N)C1C(N)CC(C(=O)O)C1O. The first-order valence-electron chi connectivity index (χ1n) is 7.36. The molecule has 0 amide bonds. The van der Waals surface area contributed by atoms with Crippen molar-refractivity contribution in [1.29, 1.82) is 0 Å². The summed E-state index contributed by atoms with van der Waals surface area (Å²) in [7, 11) is 0. The minimum Gasteiger partial charge on any atom is -0.481 e. The Morgan fingerprint density at radius 3 is 2.21 bits per heavy atom. The second-order valence-corrected chi connectivity index (χ2v) is 5.83. The Balaban J connectivity index is 2.78. The molecule has 1 fully saturated rings. The summed E-state index contributed by atoms with van der Waals surface area (Å²) >= 11 is 0. The highest BCUT2D eigenvalue weighted by molar-refractivity contribution is 5.71. The summed E-state index contributed by atoms with van der Waals surface area (Å²) in [6.45, 7) is 4.22. The Morgan fingerprint density at radius 1 is 1.32 bits per heavy atom. The zero-order valence-corrected chi connectivity index (χ0v) is 12.0. The molecule has 0 heterocycles. The Morgan fingerprint density at radius 2 is 1.84 bits per heavy atom. The molecule has 5 heteroatoms. The molecule has 5 nitrogen and oxygen atoms in total. The monoisotopic (exact) mass is 272 g/mol. The van der Waals surface area contributed by atoms with E-state index in [9.17, 15) is 9.90 Å². The van der Waals surface area contributed by atoms with Gasteiger partial charge >= 0.3 is 5.97 Å². The molecular weight excluding hydrogens is 244 g/mol. The predicted octanol–water partition coefficient (Wildman–Crippen LogP) is 0.939. The molecular formula is C14H28N2O3. The van der Waals surface area contributed by atoms with Crippen LogP contribution in [0.1, 0.15) is 46.0 Å². The van der Waals surface area contributed by atoms with E-state index >= 15 is 0 Å². The van der Waals surface area contributed by atoms with Gasteiger partial charge in [-0.3, -0.25) is 4.79 Å². The van der Waals surface area contributed by atoms with Gasteiger partial charge in [0.1, 0.15) is 0 Å². The van der Waals surface area contributed by atoms with Crippen molar-refractivity contribution in [2.24, 2.45) is 29.2 Å². The molecule has 112 valence electrons. The summed E-state index contributed by atoms with van der Waals surface area (Å²) in [5.41, 5.74) is 12.3. The standard InChI is InChI=1S/C14H28N2O3/c1-3-5-8(6-4-2)12(16)11-10(15)7-9(13(11)17)14(18)19/h8-13,17H,3-7,15-16H2,1-2H3,(H,18,19). The number of hydrogen-bond donors (Lipinski definition) is 4. The average Bonchev–Trinajstić information content (AvgIpc) is 2.64. The van der Waals surface area contributed by atoms with E-state index in [2.05, 4.69) is 13.8 Å². The van der Waals surface area contributed by atoms with Crippen molar-refractivity contribution in [3.05, 3.63) is 0 Å². The molecule has 1 rings (SSSR count). The second-order valence-electron chi connectivity index (χ2n) is 5.83. The van der Waals surface area contributed by atoms with Crippen LogP contribution >= 0.6 is 0 Å². The van der Waals surface area contributed by atoms with Gasteiger partial charge in [-0.05, 0) is 25.2 Å². The molecule has 0 spiro atoms. The summed E-state index contributed by atoms with van der Waals surface area (Å²) in [5.74, 6) is -1.73. The van der Waals surface area contributed by atoms with E-state index in [0.29, 0.717) is 12.3 Å². The van der Waals surface area contributed by atoms with Crippen LogP contribution in [0, 0.1) is 17.8 Å². The van der Waals surface area contributed by atoms with Crippen LogP contribution in [0.2, 0.25) is 0 Å². The van der Waals surface area contributed by atoms with Gasteiger partial charge in [0, 0.05) is 18.0 Å². The Labute approximate surface area is 115 Å². The summed E-state index contributed by atoms with van der Waals surface area (Å²) in [6, 6.07) is -0.531. The maximum absolute atomic E-state index is 11.1. The molecule has 0 aromatic carbocycles. The normalized spacial score (nSPS) is 32.7. The van der Waals surface area contributed by atoms with Crippen molar-refractivity contribution < 1.29 is 15.0 Å². The lowest BCUT2D eigenvalue weighted by Crippen LogP contribution is -2.48. The minimum atomic E-state index is -0.972. The topological polar surface area (TPSA) is 110 Å². The van der Waals surface area contributed by atoms with E-state index in [-0.39, 0.29) is 18.0 Å². The van der Waals surface area contributed by atoms with Crippen molar-refractivity contribution in [1.82, 2.24) is 0 Å². The van der Waals surface area contributed by atoms with Crippen LogP contribution in [0.25, 0.3) is 0 Å². The zero-order chi connectivity index (χ0) is 14.6. The van der Waals surface area contributed by atoms with Crippen molar-refractivity contribution >= 4 is 5.97 Å². The number of aliphatic carboxylic acids is 1. The van der Waals surface area contributed by atoms with Gasteiger partial charge in [-0.15, -0.1) is 0 Å². The largest absolute Gasteiger partial charge is 0.481 e. The molecule has 5 atom stereocenters. The molecule has 0 aromatic rings. The quantitative estimate of drug-likeness (QED) is 0.551. The van der Waals surface area contributed by atoms with Gasteiger partial charge in [-0.1, -0.05) is 26.7 Å². The predicted molar refractivity (Wildman–Crippen MR) is 74.5 cm³/mol. The van der Waals surface area contributed by atoms with E-state index in [4.69, 9.17) is 16.6 Å². The van der Waals surface area contributed by atoms with E-state index in [1.807, 2.05) is 0 Å². The third-order valence-corrected chi connectivity index (χ3v) is 4.45. The average molecular weight is 272 g/mol. The lowest BCUT2D eigenvalue weighted by Gasteiger charge is -2.33. The molecule has 0 aliphatic heterocycles. The zero-order valence-electron chi connectivity index (χ0n) is 12.0. The van der Waals surface area contributed by atoms with Crippen LogP contribution < -0.4 is 11.5 Å². The lowest BCUT2D eigenvalue weighted by molar-refractivity contribution is -0.145. The van der Waals surface area contributed by atoms with Gasteiger partial charge < -0.3 is 21.7 Å². The van der Waals surface area contributed by atoms with Crippen LogP contribution in [0.15, 0.2) is 0 Å². The maximum Gasteiger partial charge on any atom is 0.309 e. The van der Waals surface area contributed by atoms with Gasteiger partial charge in [-0.25, -0.2) is 0 Å². The van der Waals surface area contributed by atoms with Gasteiger partial charge in [-0.2, -0.15) is 0 Å². The van der Waals surface area contributed by atoms with Crippen molar-refractivity contribution in [2.45, 2.75) is 64.1 Å². The Kier molecular flexibility index (Phi) is 6.23. The maximum atomic E-state index is 11.1. The fourth-order valence-corrected chi connectivity index (χ4v) is 3.46.